The molecule has 9 atom stereocenters. The van der Waals surface area contributed by atoms with E-state index in [1.807, 2.05) is 39.8 Å². The van der Waals surface area contributed by atoms with E-state index in [1.165, 1.54) is 0 Å². The van der Waals surface area contributed by atoms with Gasteiger partial charge in [0, 0.05) is 22.9 Å². The van der Waals surface area contributed by atoms with E-state index in [1.54, 1.807) is 18.2 Å². The van der Waals surface area contributed by atoms with Crippen LogP contribution in [0.15, 0.2) is 36.4 Å². The molecule has 208 valence electrons. The number of hydrogen-bond donors (Lipinski definition) is 2. The van der Waals surface area contributed by atoms with Crippen molar-refractivity contribution >= 4 is 23.2 Å². The minimum absolute atomic E-state index is 0.0604. The summed E-state index contributed by atoms with van der Waals surface area (Å²) in [6.07, 6.45) is 7.60. The molecule has 3 saturated carbocycles. The van der Waals surface area contributed by atoms with Crippen molar-refractivity contribution in [3.63, 3.8) is 0 Å². The van der Waals surface area contributed by atoms with Gasteiger partial charge in [0.2, 0.25) is 11.8 Å². The molecule has 3 fully saturated rings. The van der Waals surface area contributed by atoms with Crippen LogP contribution in [0, 0.1) is 41.4 Å². The summed E-state index contributed by atoms with van der Waals surface area (Å²) >= 11 is -1.99. The molecule has 0 aromatic heterocycles. The van der Waals surface area contributed by atoms with Crippen LogP contribution in [-0.4, -0.2) is 33.7 Å². The summed E-state index contributed by atoms with van der Waals surface area (Å²) in [4.78, 5) is 25.7. The number of rotatable bonds is 5. The lowest BCUT2D eigenvalue weighted by atomic mass is 9.47. The molecule has 38 heavy (non-hydrogen) atoms. The highest BCUT2D eigenvalue weighted by Crippen LogP contribution is 2.65. The van der Waals surface area contributed by atoms with Crippen LogP contribution >= 0.6 is 0 Å². The number of benzene rings is 1. The third-order valence-corrected chi connectivity index (χ3v) is 10.6. The molecule has 1 aliphatic heterocycles. The maximum Gasteiger partial charge on any atom is 0.360 e. The summed E-state index contributed by atoms with van der Waals surface area (Å²) in [5, 5.41) is 6.39. The normalized spacial score (nSPS) is 38.8. The first-order valence-corrected chi connectivity index (χ1v) is 15.0. The molecule has 0 spiro atoms. The highest BCUT2D eigenvalue weighted by Gasteiger charge is 2.64. The molecule has 8 heteroatoms. The topological polar surface area (TPSA) is 93.7 Å². The third kappa shape index (κ3) is 4.94. The monoisotopic (exact) mass is 542 g/mol. The van der Waals surface area contributed by atoms with Gasteiger partial charge in [-0.1, -0.05) is 37.6 Å². The van der Waals surface area contributed by atoms with Gasteiger partial charge in [0.05, 0.1) is 6.10 Å². The van der Waals surface area contributed by atoms with Crippen molar-refractivity contribution in [3.8, 4) is 5.75 Å². The van der Waals surface area contributed by atoms with E-state index in [9.17, 15) is 13.8 Å². The van der Waals surface area contributed by atoms with Crippen LogP contribution < -0.4 is 14.8 Å². The number of nitrogens with one attached hydrogen (secondary N) is 2. The Labute approximate surface area is 229 Å². The van der Waals surface area contributed by atoms with Gasteiger partial charge in [0.25, 0.3) is 0 Å². The zero-order valence-corrected chi connectivity index (χ0v) is 24.2. The number of aryl methyl sites for hydroxylation is 1. The fourth-order valence-corrected chi connectivity index (χ4v) is 8.77. The van der Waals surface area contributed by atoms with Gasteiger partial charge < -0.3 is 14.8 Å². The summed E-state index contributed by atoms with van der Waals surface area (Å²) in [7, 11) is 0. The Balaban J connectivity index is 1.44. The zero-order valence-electron chi connectivity index (χ0n) is 23.4. The van der Waals surface area contributed by atoms with Crippen molar-refractivity contribution in [1.29, 1.82) is 0 Å². The van der Waals surface area contributed by atoms with Gasteiger partial charge in [-0.25, -0.2) is 0 Å². The van der Waals surface area contributed by atoms with E-state index in [0.29, 0.717) is 12.2 Å². The second-order valence-corrected chi connectivity index (χ2v) is 14.2. The summed E-state index contributed by atoms with van der Waals surface area (Å²) < 4.78 is 25.0. The van der Waals surface area contributed by atoms with Gasteiger partial charge >= 0.3 is 11.4 Å². The van der Waals surface area contributed by atoms with Crippen LogP contribution in [0.4, 0.5) is 0 Å². The summed E-state index contributed by atoms with van der Waals surface area (Å²) in [5.74, 6) is 1.07. The molecule has 1 aromatic rings. The molecule has 2 N–H and O–H groups in total. The standard InChI is InChI=1S/C30H42N2O5S/c1-18-7-9-19(10-8-18)36-38(35)37-23-17-24-30(6,16-14-25(33)31-24)21-13-15-29(5)20(26(21)23)11-12-22(29)27(34)32-28(2,3)4/h7-10,14,16,20-24,26H,11-13,15,17H2,1-6H3,(H,31,33)(H,32,34). The lowest BCUT2D eigenvalue weighted by Gasteiger charge is -2.60. The molecule has 4 aliphatic rings. The molecule has 7 nitrogen and oxygen atoms in total. The predicted octanol–water partition coefficient (Wildman–Crippen LogP) is 4.78. The highest BCUT2D eigenvalue weighted by atomic mass is 32.2. The van der Waals surface area contributed by atoms with Gasteiger partial charge in [0.1, 0.15) is 5.75 Å². The van der Waals surface area contributed by atoms with Crippen molar-refractivity contribution in [2.24, 2.45) is 34.5 Å². The first-order valence-electron chi connectivity index (χ1n) is 14.0. The lowest BCUT2D eigenvalue weighted by molar-refractivity contribution is -0.143. The molecule has 1 heterocycles. The van der Waals surface area contributed by atoms with Crippen LogP contribution in [0.2, 0.25) is 0 Å². The van der Waals surface area contributed by atoms with E-state index in [4.69, 9.17) is 8.37 Å². The number of fused-ring (bicyclic) bond motifs is 5. The van der Waals surface area contributed by atoms with Crippen LogP contribution in [0.5, 0.6) is 5.75 Å². The average molecular weight is 543 g/mol. The second kappa shape index (κ2) is 9.77. The Kier molecular flexibility index (Phi) is 7.04. The molecule has 3 aliphatic carbocycles. The predicted molar refractivity (Wildman–Crippen MR) is 147 cm³/mol. The Hall–Kier alpha value is -2.19. The number of amides is 2. The summed E-state index contributed by atoms with van der Waals surface area (Å²) in [6, 6.07) is 7.29. The van der Waals surface area contributed by atoms with Gasteiger partial charge in [-0.3, -0.25) is 13.8 Å². The fourth-order valence-electron chi connectivity index (χ4n) is 8.05. The Morgan fingerprint density at radius 2 is 1.82 bits per heavy atom. The number of hydrogen-bond acceptors (Lipinski definition) is 5. The Morgan fingerprint density at radius 3 is 2.50 bits per heavy atom. The molecule has 1 aromatic carbocycles. The molecular formula is C30H42N2O5S. The molecule has 0 saturated heterocycles. The van der Waals surface area contributed by atoms with Crippen molar-refractivity contribution in [2.45, 2.75) is 91.3 Å². The third-order valence-electron chi connectivity index (χ3n) is 9.89. The van der Waals surface area contributed by atoms with Crippen molar-refractivity contribution in [3.05, 3.63) is 42.0 Å². The van der Waals surface area contributed by atoms with Crippen LogP contribution in [-0.2, 0) is 25.1 Å². The van der Waals surface area contributed by atoms with Crippen LogP contribution in [0.3, 0.4) is 0 Å². The summed E-state index contributed by atoms with van der Waals surface area (Å²) in [6.45, 7) is 12.6. The summed E-state index contributed by atoms with van der Waals surface area (Å²) in [5.41, 5.74) is 0.426. The Bertz CT molecular complexity index is 1140. The maximum atomic E-state index is 13.4. The highest BCUT2D eigenvalue weighted by molar-refractivity contribution is 7.75. The quantitative estimate of drug-likeness (QED) is 0.559. The minimum Gasteiger partial charge on any atom is -0.380 e. The van der Waals surface area contributed by atoms with E-state index in [2.05, 4.69) is 30.6 Å². The number of carbonyl (C=O) groups excluding carboxylic acids is 2. The second-order valence-electron chi connectivity index (χ2n) is 13.4. The van der Waals surface area contributed by atoms with Crippen molar-refractivity contribution in [2.75, 3.05) is 0 Å². The van der Waals surface area contributed by atoms with Crippen LogP contribution in [0.25, 0.3) is 0 Å². The van der Waals surface area contributed by atoms with Crippen molar-refractivity contribution < 1.29 is 22.2 Å². The van der Waals surface area contributed by atoms with E-state index >= 15 is 0 Å². The van der Waals surface area contributed by atoms with Crippen molar-refractivity contribution in [1.82, 2.24) is 10.6 Å². The zero-order chi connectivity index (χ0) is 27.5. The maximum absolute atomic E-state index is 13.4. The largest absolute Gasteiger partial charge is 0.380 e. The Morgan fingerprint density at radius 1 is 1.11 bits per heavy atom. The molecular weight excluding hydrogens is 500 g/mol. The average Bonchev–Trinajstić information content (AvgIpc) is 3.18. The van der Waals surface area contributed by atoms with E-state index in [0.717, 1.165) is 31.2 Å². The lowest BCUT2D eigenvalue weighted by Crippen LogP contribution is -2.64. The van der Waals surface area contributed by atoms with E-state index in [-0.39, 0.29) is 64.0 Å². The van der Waals surface area contributed by atoms with Crippen LogP contribution in [0.1, 0.15) is 72.3 Å². The molecule has 2 amide bonds. The van der Waals surface area contributed by atoms with E-state index < -0.39 is 11.4 Å². The molecule has 9 unspecified atom stereocenters. The smallest absolute Gasteiger partial charge is 0.360 e. The first kappa shape index (κ1) is 27.4. The minimum atomic E-state index is -1.99. The molecule has 0 bridgehead atoms. The first-order chi connectivity index (χ1) is 17.8. The van der Waals surface area contributed by atoms with Gasteiger partial charge in [0.15, 0.2) is 0 Å². The molecule has 5 rings (SSSR count). The van der Waals surface area contributed by atoms with Gasteiger partial charge in [-0.15, -0.1) is 0 Å². The number of carbonyl (C=O) groups is 2. The fraction of sp³-hybridized carbons (Fsp3) is 0.667. The molecule has 0 radical (unpaired) electrons. The van der Waals surface area contributed by atoms with Gasteiger partial charge in [-0.05, 0) is 101 Å². The van der Waals surface area contributed by atoms with Gasteiger partial charge in [-0.2, -0.15) is 4.21 Å². The SMILES string of the molecule is Cc1ccc(OS(=O)OC2CC3NC(=O)C=CC3(C)C3CCC4(C)C(C(=O)NC(C)(C)C)CCC4C23)cc1.